The zero-order valence-electron chi connectivity index (χ0n) is 14.3. The second-order valence-electron chi connectivity index (χ2n) is 5.86. The fraction of sp³-hybridized carbons (Fsp3) is 0.125. The highest BCUT2D eigenvalue weighted by molar-refractivity contribution is 7.93. The molecule has 0 amide bonds. The highest BCUT2D eigenvalue weighted by Crippen LogP contribution is 2.47. The van der Waals surface area contributed by atoms with Gasteiger partial charge in [0.1, 0.15) is 12.1 Å². The van der Waals surface area contributed by atoms with Crippen molar-refractivity contribution < 1.29 is 22.8 Å². The molecular formula is C16H14Cl2N3O5PS. The molecule has 148 valence electrons. The molecule has 28 heavy (non-hydrogen) atoms. The number of nitrogens with zero attached hydrogens (tertiary/aromatic N) is 3. The molecule has 1 atom stereocenters. The Morgan fingerprint density at radius 3 is 2.39 bits per heavy atom. The Hall–Kier alpha value is -1.74. The number of halogens is 2. The second kappa shape index (κ2) is 7.59. The fourth-order valence-corrected chi connectivity index (χ4v) is 6.02. The molecule has 1 aromatic heterocycles. The van der Waals surface area contributed by atoms with Crippen molar-refractivity contribution in [1.29, 1.82) is 0 Å². The van der Waals surface area contributed by atoms with E-state index in [0.717, 1.165) is 19.1 Å². The SMILES string of the molecule is CC(N(c1cccc2cncnc12)S(=O)(=O)c1cc(Cl)cc(Cl)c1)P(=O)(O)O. The first kappa shape index (κ1) is 21.0. The summed E-state index contributed by atoms with van der Waals surface area (Å²) in [6, 6.07) is 8.27. The molecule has 12 heteroatoms. The molecule has 2 aromatic carbocycles. The second-order valence-corrected chi connectivity index (χ2v) is 10.5. The summed E-state index contributed by atoms with van der Waals surface area (Å²) in [6.07, 6.45) is 2.68. The molecule has 8 nitrogen and oxygen atoms in total. The van der Waals surface area contributed by atoms with Crippen LogP contribution in [0, 0.1) is 0 Å². The molecular weight excluding hydrogens is 448 g/mol. The van der Waals surface area contributed by atoms with E-state index < -0.39 is 23.4 Å². The lowest BCUT2D eigenvalue weighted by molar-refractivity contribution is 0.361. The van der Waals surface area contributed by atoms with E-state index >= 15 is 0 Å². The van der Waals surface area contributed by atoms with Crippen LogP contribution in [0.15, 0.2) is 53.8 Å². The number of rotatable bonds is 5. The molecule has 2 N–H and O–H groups in total. The van der Waals surface area contributed by atoms with Crippen LogP contribution in [-0.2, 0) is 14.6 Å². The molecule has 0 saturated carbocycles. The molecule has 3 aromatic rings. The predicted molar refractivity (Wildman–Crippen MR) is 107 cm³/mol. The molecule has 0 radical (unpaired) electrons. The molecule has 1 unspecified atom stereocenters. The van der Waals surface area contributed by atoms with Crippen LogP contribution >= 0.6 is 30.8 Å². The number of fused-ring (bicyclic) bond motifs is 1. The van der Waals surface area contributed by atoms with Gasteiger partial charge in [-0.25, -0.2) is 22.7 Å². The lowest BCUT2D eigenvalue weighted by Gasteiger charge is -2.31. The Balaban J connectivity index is 2.33. The summed E-state index contributed by atoms with van der Waals surface area (Å²) in [5.41, 5.74) is 0.210. The molecule has 1 heterocycles. The summed E-state index contributed by atoms with van der Waals surface area (Å²) in [7, 11) is -9.32. The highest BCUT2D eigenvalue weighted by atomic mass is 35.5. The monoisotopic (exact) mass is 461 g/mol. The molecule has 0 bridgehead atoms. The molecule has 0 aliphatic heterocycles. The van der Waals surface area contributed by atoms with Crippen molar-refractivity contribution in [2.75, 3.05) is 4.31 Å². The topological polar surface area (TPSA) is 121 Å². The number of hydrogen-bond acceptors (Lipinski definition) is 5. The van der Waals surface area contributed by atoms with Crippen LogP contribution in [0.4, 0.5) is 5.69 Å². The summed E-state index contributed by atoms with van der Waals surface area (Å²) in [4.78, 5) is 27.1. The molecule has 3 rings (SSSR count). The van der Waals surface area contributed by atoms with Gasteiger partial charge in [0.2, 0.25) is 0 Å². The maximum absolute atomic E-state index is 13.4. The van der Waals surface area contributed by atoms with Crippen molar-refractivity contribution in [3.8, 4) is 0 Å². The lowest BCUT2D eigenvalue weighted by Crippen LogP contribution is -2.39. The maximum atomic E-state index is 13.4. The average molecular weight is 462 g/mol. The van der Waals surface area contributed by atoms with Gasteiger partial charge in [-0.1, -0.05) is 35.3 Å². The van der Waals surface area contributed by atoms with Crippen LogP contribution in [0.3, 0.4) is 0 Å². The van der Waals surface area contributed by atoms with Gasteiger partial charge in [0.15, 0.2) is 0 Å². The number of para-hydroxylation sites is 1. The average Bonchev–Trinajstić information content (AvgIpc) is 2.60. The van der Waals surface area contributed by atoms with E-state index in [0.29, 0.717) is 9.69 Å². The standard InChI is InChI=1S/C16H14Cl2N3O5PS/c1-10(27(22,23)24)21(15-4-2-3-11-8-19-9-20-16(11)15)28(25,26)14-6-12(17)5-13(18)7-14/h2-10H,1H3,(H2,22,23,24). The minimum Gasteiger partial charge on any atom is -0.323 e. The number of hydrogen-bond donors (Lipinski definition) is 2. The van der Waals surface area contributed by atoms with Crippen LogP contribution in [-0.4, -0.2) is 34.0 Å². The van der Waals surface area contributed by atoms with Crippen molar-refractivity contribution in [1.82, 2.24) is 9.97 Å². The zero-order valence-corrected chi connectivity index (χ0v) is 17.5. The quantitative estimate of drug-likeness (QED) is 0.556. The fourth-order valence-electron chi connectivity index (χ4n) is 2.64. The maximum Gasteiger partial charge on any atom is 0.348 e. The van der Waals surface area contributed by atoms with Crippen LogP contribution in [0.2, 0.25) is 10.0 Å². The van der Waals surface area contributed by atoms with E-state index in [9.17, 15) is 22.8 Å². The number of anilines is 1. The van der Waals surface area contributed by atoms with Gasteiger partial charge in [-0.15, -0.1) is 0 Å². The van der Waals surface area contributed by atoms with Crippen LogP contribution in [0.1, 0.15) is 6.92 Å². The third kappa shape index (κ3) is 4.00. The first-order chi connectivity index (χ1) is 13.0. The molecule has 0 aliphatic rings. The van der Waals surface area contributed by atoms with Crippen LogP contribution in [0.25, 0.3) is 10.9 Å². The van der Waals surface area contributed by atoms with Crippen LogP contribution < -0.4 is 4.31 Å². The smallest absolute Gasteiger partial charge is 0.323 e. The summed E-state index contributed by atoms with van der Waals surface area (Å²) in [5, 5.41) is 0.632. The molecule has 0 saturated heterocycles. The van der Waals surface area contributed by atoms with E-state index in [-0.39, 0.29) is 26.1 Å². The van der Waals surface area contributed by atoms with Crippen LogP contribution in [0.5, 0.6) is 0 Å². The van der Waals surface area contributed by atoms with Gasteiger partial charge >= 0.3 is 7.60 Å². The Morgan fingerprint density at radius 1 is 1.14 bits per heavy atom. The minimum atomic E-state index is -4.86. The molecule has 0 aliphatic carbocycles. The first-order valence-electron chi connectivity index (χ1n) is 7.76. The van der Waals surface area contributed by atoms with Crippen molar-refractivity contribution in [3.63, 3.8) is 0 Å². The van der Waals surface area contributed by atoms with E-state index in [1.807, 2.05) is 0 Å². The third-order valence-corrected chi connectivity index (χ3v) is 7.63. The van der Waals surface area contributed by atoms with Crippen molar-refractivity contribution >= 4 is 57.4 Å². The zero-order chi connectivity index (χ0) is 20.7. The summed E-state index contributed by atoms with van der Waals surface area (Å²) in [5.74, 6) is -1.71. The van der Waals surface area contributed by atoms with E-state index in [1.54, 1.807) is 12.1 Å². The highest BCUT2D eigenvalue weighted by Gasteiger charge is 2.40. The lowest BCUT2D eigenvalue weighted by atomic mass is 10.2. The van der Waals surface area contributed by atoms with Gasteiger partial charge in [-0.05, 0) is 31.2 Å². The number of sulfonamides is 1. The van der Waals surface area contributed by atoms with E-state index in [1.165, 1.54) is 24.7 Å². The largest absolute Gasteiger partial charge is 0.348 e. The Morgan fingerprint density at radius 2 is 1.79 bits per heavy atom. The van der Waals surface area contributed by atoms with Crippen molar-refractivity contribution in [2.45, 2.75) is 17.6 Å². The molecule has 0 spiro atoms. The number of benzene rings is 2. The number of aromatic nitrogens is 2. The summed E-state index contributed by atoms with van der Waals surface area (Å²) < 4.78 is 39.4. The minimum absolute atomic E-state index is 0.00757. The first-order valence-corrected chi connectivity index (χ1v) is 11.6. The van der Waals surface area contributed by atoms with Gasteiger partial charge in [0.05, 0.1) is 16.1 Å². The Bertz CT molecular complexity index is 1180. The van der Waals surface area contributed by atoms with Crippen molar-refractivity contribution in [3.05, 3.63) is 59.0 Å². The Kier molecular flexibility index (Phi) is 5.69. The van der Waals surface area contributed by atoms with Gasteiger partial charge < -0.3 is 9.79 Å². The molecule has 0 fully saturated rings. The van der Waals surface area contributed by atoms with Gasteiger partial charge in [-0.2, -0.15) is 0 Å². The van der Waals surface area contributed by atoms with Gasteiger partial charge in [0.25, 0.3) is 10.0 Å². The normalized spacial score (nSPS) is 13.5. The predicted octanol–water partition coefficient (Wildman–Crippen LogP) is 3.66. The summed E-state index contributed by atoms with van der Waals surface area (Å²) in [6.45, 7) is 1.12. The van der Waals surface area contributed by atoms with E-state index in [2.05, 4.69) is 9.97 Å². The third-order valence-electron chi connectivity index (χ3n) is 3.97. The van der Waals surface area contributed by atoms with Gasteiger partial charge in [0, 0.05) is 21.6 Å². The van der Waals surface area contributed by atoms with E-state index in [4.69, 9.17) is 23.2 Å². The Labute approximate surface area is 171 Å². The van der Waals surface area contributed by atoms with Crippen molar-refractivity contribution in [2.24, 2.45) is 0 Å². The summed E-state index contributed by atoms with van der Waals surface area (Å²) >= 11 is 11.9. The van der Waals surface area contributed by atoms with Gasteiger partial charge in [-0.3, -0.25) is 4.57 Å².